The Morgan fingerprint density at radius 3 is 3.00 bits per heavy atom. The Balaban J connectivity index is 1.84. The Hall–Kier alpha value is -3.08. The highest BCUT2D eigenvalue weighted by atomic mass is 16.5. The van der Waals surface area contributed by atoms with Gasteiger partial charge in [0.15, 0.2) is 0 Å². The molecule has 0 radical (unpaired) electrons. The Morgan fingerprint density at radius 1 is 1.36 bits per heavy atom. The van der Waals surface area contributed by atoms with E-state index in [0.29, 0.717) is 13.0 Å². The number of hydrogen-bond acceptors (Lipinski definition) is 3. The van der Waals surface area contributed by atoms with E-state index in [9.17, 15) is 4.79 Å². The molecule has 2 aromatic heterocycles. The summed E-state index contributed by atoms with van der Waals surface area (Å²) in [4.78, 5) is 17.1. The van der Waals surface area contributed by atoms with E-state index in [1.54, 1.807) is 0 Å². The predicted octanol–water partition coefficient (Wildman–Crippen LogP) is 4.00. The van der Waals surface area contributed by atoms with Crippen molar-refractivity contribution in [1.29, 1.82) is 0 Å². The third kappa shape index (κ3) is 3.40. The molecule has 3 heterocycles. The minimum absolute atomic E-state index is 0.0421. The van der Waals surface area contributed by atoms with E-state index in [-0.39, 0.29) is 17.9 Å². The largest absolute Gasteiger partial charge is 0.491 e. The number of hydrogen-bond donors (Lipinski definition) is 1. The molecule has 144 valence electrons. The Labute approximate surface area is 165 Å². The maximum Gasteiger partial charge on any atom is 0.221 e. The molecular formula is C23H25N3O2. The number of carbonyl (C=O) groups is 1. The Bertz CT molecular complexity index is 1040. The summed E-state index contributed by atoms with van der Waals surface area (Å²) >= 11 is 0. The quantitative estimate of drug-likeness (QED) is 0.686. The molecule has 0 bridgehead atoms. The second kappa shape index (κ2) is 7.50. The normalized spacial score (nSPS) is 16.5. The minimum Gasteiger partial charge on any atom is -0.491 e. The van der Waals surface area contributed by atoms with Crippen LogP contribution in [0.3, 0.4) is 0 Å². The van der Waals surface area contributed by atoms with Gasteiger partial charge in [-0.3, -0.25) is 4.79 Å². The second-order valence-corrected chi connectivity index (χ2v) is 7.43. The molecule has 5 heteroatoms. The van der Waals surface area contributed by atoms with Gasteiger partial charge in [0, 0.05) is 18.5 Å². The van der Waals surface area contributed by atoms with Crippen molar-refractivity contribution in [2.75, 3.05) is 0 Å². The first-order chi connectivity index (χ1) is 13.6. The molecule has 1 atom stereocenters. The van der Waals surface area contributed by atoms with Gasteiger partial charge in [-0.15, -0.1) is 6.58 Å². The number of allylic oxidation sites excluding steroid dienone is 1. The number of ether oxygens (including phenoxy) is 1. The van der Waals surface area contributed by atoms with Crippen LogP contribution < -0.4 is 10.1 Å². The van der Waals surface area contributed by atoms with Crippen molar-refractivity contribution in [2.45, 2.75) is 45.3 Å². The summed E-state index contributed by atoms with van der Waals surface area (Å²) in [5.74, 6) is 0.849. The van der Waals surface area contributed by atoms with E-state index in [1.807, 2.05) is 50.4 Å². The first-order valence-corrected chi connectivity index (χ1v) is 9.69. The number of amides is 1. The van der Waals surface area contributed by atoms with Crippen molar-refractivity contribution in [2.24, 2.45) is 0 Å². The lowest BCUT2D eigenvalue weighted by Crippen LogP contribution is -2.21. The third-order valence-corrected chi connectivity index (χ3v) is 5.03. The van der Waals surface area contributed by atoms with Crippen molar-refractivity contribution >= 4 is 11.6 Å². The molecule has 0 unspecified atom stereocenters. The minimum atomic E-state index is -0.0634. The number of rotatable bonds is 5. The van der Waals surface area contributed by atoms with E-state index in [4.69, 9.17) is 9.72 Å². The van der Waals surface area contributed by atoms with Gasteiger partial charge in [-0.2, -0.15) is 0 Å². The molecule has 0 spiro atoms. The average Bonchev–Trinajstić information content (AvgIpc) is 2.95. The molecule has 0 saturated heterocycles. The van der Waals surface area contributed by atoms with Crippen LogP contribution in [0.2, 0.25) is 0 Å². The molecule has 28 heavy (non-hydrogen) atoms. The lowest BCUT2D eigenvalue weighted by Gasteiger charge is -2.19. The van der Waals surface area contributed by atoms with Crippen molar-refractivity contribution in [3.05, 3.63) is 77.8 Å². The summed E-state index contributed by atoms with van der Waals surface area (Å²) in [7, 11) is 0. The number of fused-ring (bicyclic) bond motifs is 3. The van der Waals surface area contributed by atoms with Crippen LogP contribution in [0.1, 0.15) is 48.7 Å². The number of benzene rings is 1. The lowest BCUT2D eigenvalue weighted by atomic mass is 9.89. The SMILES string of the molecule is C=CCc1cc([C@H]2CC(=O)NCc3nc4ccccn4c32)ccc1OC(C)C. The Kier molecular flexibility index (Phi) is 4.90. The van der Waals surface area contributed by atoms with Crippen LogP contribution in [0.25, 0.3) is 5.65 Å². The van der Waals surface area contributed by atoms with Crippen LogP contribution in [-0.4, -0.2) is 21.4 Å². The fraction of sp³-hybridized carbons (Fsp3) is 0.304. The monoisotopic (exact) mass is 375 g/mol. The van der Waals surface area contributed by atoms with Gasteiger partial charge in [-0.25, -0.2) is 4.98 Å². The van der Waals surface area contributed by atoms with E-state index >= 15 is 0 Å². The van der Waals surface area contributed by atoms with Gasteiger partial charge in [0.2, 0.25) is 5.91 Å². The molecule has 3 aromatic rings. The molecule has 5 nitrogen and oxygen atoms in total. The number of imidazole rings is 1. The molecule has 0 aliphatic carbocycles. The molecule has 4 rings (SSSR count). The second-order valence-electron chi connectivity index (χ2n) is 7.43. The van der Waals surface area contributed by atoms with Gasteiger partial charge in [-0.05, 0) is 49.6 Å². The highest BCUT2D eigenvalue weighted by molar-refractivity contribution is 5.78. The van der Waals surface area contributed by atoms with Gasteiger partial charge in [-0.1, -0.05) is 24.3 Å². The number of carbonyl (C=O) groups excluding carboxylic acids is 1. The molecule has 1 aliphatic rings. The number of pyridine rings is 1. The van der Waals surface area contributed by atoms with Crippen LogP contribution >= 0.6 is 0 Å². The van der Waals surface area contributed by atoms with Gasteiger partial charge in [0.05, 0.1) is 24.0 Å². The molecule has 0 fully saturated rings. The first kappa shape index (κ1) is 18.3. The maximum absolute atomic E-state index is 12.4. The fourth-order valence-electron chi connectivity index (χ4n) is 3.87. The van der Waals surface area contributed by atoms with Crippen LogP contribution in [-0.2, 0) is 17.8 Å². The standard InChI is InChI=1S/C23H25N3O2/c1-4-7-17-12-16(9-10-20(17)28-15(2)3)18-13-22(27)24-14-19-23(18)26-11-6-5-8-21(26)25-19/h4-6,8-12,15,18H,1,7,13-14H2,2-3H3,(H,24,27)/t18-/m1/s1. The smallest absolute Gasteiger partial charge is 0.221 e. The van der Waals surface area contributed by atoms with E-state index in [0.717, 1.165) is 40.3 Å². The summed E-state index contributed by atoms with van der Waals surface area (Å²) < 4.78 is 8.07. The Morgan fingerprint density at radius 2 is 2.21 bits per heavy atom. The van der Waals surface area contributed by atoms with Gasteiger partial charge < -0.3 is 14.5 Å². The molecule has 1 aromatic carbocycles. The number of nitrogens with zero attached hydrogens (tertiary/aromatic N) is 2. The molecular weight excluding hydrogens is 350 g/mol. The van der Waals surface area contributed by atoms with Crippen LogP contribution in [0, 0.1) is 0 Å². The molecule has 1 N–H and O–H groups in total. The van der Waals surface area contributed by atoms with Crippen LogP contribution in [0.4, 0.5) is 0 Å². The molecule has 1 amide bonds. The highest BCUT2D eigenvalue weighted by Crippen LogP contribution is 2.35. The van der Waals surface area contributed by atoms with Crippen molar-refractivity contribution < 1.29 is 9.53 Å². The first-order valence-electron chi connectivity index (χ1n) is 9.69. The summed E-state index contributed by atoms with van der Waals surface area (Å²) in [6.07, 6.45) is 5.11. The van der Waals surface area contributed by atoms with Gasteiger partial charge in [0.25, 0.3) is 0 Å². The summed E-state index contributed by atoms with van der Waals surface area (Å²) in [5.41, 5.74) is 5.09. The van der Waals surface area contributed by atoms with Crippen molar-refractivity contribution in [3.8, 4) is 5.75 Å². The van der Waals surface area contributed by atoms with Gasteiger partial charge in [0.1, 0.15) is 11.4 Å². The zero-order valence-corrected chi connectivity index (χ0v) is 16.3. The maximum atomic E-state index is 12.4. The molecule has 0 saturated carbocycles. The summed E-state index contributed by atoms with van der Waals surface area (Å²) in [5, 5.41) is 2.98. The molecule has 1 aliphatic heterocycles. The van der Waals surface area contributed by atoms with Crippen molar-refractivity contribution in [3.63, 3.8) is 0 Å². The highest BCUT2D eigenvalue weighted by Gasteiger charge is 2.29. The van der Waals surface area contributed by atoms with Crippen LogP contribution in [0.15, 0.2) is 55.3 Å². The lowest BCUT2D eigenvalue weighted by molar-refractivity contribution is -0.121. The zero-order chi connectivity index (χ0) is 19.7. The topological polar surface area (TPSA) is 55.6 Å². The van der Waals surface area contributed by atoms with Crippen LogP contribution in [0.5, 0.6) is 5.75 Å². The third-order valence-electron chi connectivity index (χ3n) is 5.03. The van der Waals surface area contributed by atoms with E-state index in [1.165, 1.54) is 0 Å². The summed E-state index contributed by atoms with van der Waals surface area (Å²) in [6, 6.07) is 12.2. The predicted molar refractivity (Wildman–Crippen MR) is 110 cm³/mol. The zero-order valence-electron chi connectivity index (χ0n) is 16.3. The number of aromatic nitrogens is 2. The fourth-order valence-corrected chi connectivity index (χ4v) is 3.87. The van der Waals surface area contributed by atoms with E-state index < -0.39 is 0 Å². The van der Waals surface area contributed by atoms with Gasteiger partial charge >= 0.3 is 0 Å². The van der Waals surface area contributed by atoms with E-state index in [2.05, 4.69) is 28.4 Å². The van der Waals surface area contributed by atoms with Crippen molar-refractivity contribution in [1.82, 2.24) is 14.7 Å². The summed E-state index contributed by atoms with van der Waals surface area (Å²) in [6.45, 7) is 8.38. The number of nitrogens with one attached hydrogen (secondary N) is 1. The average molecular weight is 375 g/mol.